The van der Waals surface area contributed by atoms with Gasteiger partial charge in [-0.25, -0.2) is 9.97 Å². The second kappa shape index (κ2) is 9.14. The average Bonchev–Trinajstić information content (AvgIpc) is 3.48. The van der Waals surface area contributed by atoms with Gasteiger partial charge in [0.1, 0.15) is 17.4 Å². The zero-order chi connectivity index (χ0) is 20.8. The molecule has 0 unspecified atom stereocenters. The lowest BCUT2D eigenvalue weighted by Gasteiger charge is -2.04. The van der Waals surface area contributed by atoms with Crippen LogP contribution in [0.5, 0.6) is 5.75 Å². The van der Waals surface area contributed by atoms with E-state index in [0.29, 0.717) is 29.2 Å². The number of aromatic nitrogens is 4. The molecule has 0 aromatic carbocycles. The SMILES string of the molecule is CC.Cc1[nH]c(/C=C\C(=N)c2ccc(OC3CC3)cn2)nc1-c1cccnc1N. The van der Waals surface area contributed by atoms with Crippen molar-refractivity contribution in [3.05, 3.63) is 59.9 Å². The van der Waals surface area contributed by atoms with Crippen LogP contribution in [0, 0.1) is 12.3 Å². The molecule has 0 amide bonds. The van der Waals surface area contributed by atoms with Crippen LogP contribution in [0.2, 0.25) is 0 Å². The van der Waals surface area contributed by atoms with Crippen molar-refractivity contribution >= 4 is 17.6 Å². The number of hydrogen-bond acceptors (Lipinski definition) is 6. The molecule has 0 saturated heterocycles. The third-order valence-electron chi connectivity index (χ3n) is 4.24. The Hall–Kier alpha value is -3.48. The number of H-pyrrole nitrogens is 1. The Morgan fingerprint density at radius 1 is 1.24 bits per heavy atom. The summed E-state index contributed by atoms with van der Waals surface area (Å²) < 4.78 is 5.68. The van der Waals surface area contributed by atoms with Crippen molar-refractivity contribution < 1.29 is 4.74 Å². The summed E-state index contributed by atoms with van der Waals surface area (Å²) in [6.45, 7) is 5.93. The van der Waals surface area contributed by atoms with Gasteiger partial charge in [-0.1, -0.05) is 13.8 Å². The van der Waals surface area contributed by atoms with E-state index in [0.717, 1.165) is 35.5 Å². The fourth-order valence-electron chi connectivity index (χ4n) is 2.68. The summed E-state index contributed by atoms with van der Waals surface area (Å²) in [6, 6.07) is 7.35. The molecule has 0 radical (unpaired) electrons. The zero-order valence-corrected chi connectivity index (χ0v) is 16.9. The molecule has 1 aliphatic rings. The first-order valence-electron chi connectivity index (χ1n) is 9.77. The van der Waals surface area contributed by atoms with Crippen molar-refractivity contribution in [2.45, 2.75) is 39.7 Å². The van der Waals surface area contributed by atoms with Gasteiger partial charge in [0, 0.05) is 17.5 Å². The van der Waals surface area contributed by atoms with Gasteiger partial charge in [0.05, 0.1) is 29.4 Å². The Morgan fingerprint density at radius 2 is 2.03 bits per heavy atom. The maximum atomic E-state index is 8.20. The smallest absolute Gasteiger partial charge is 0.138 e. The molecule has 4 N–H and O–H groups in total. The van der Waals surface area contributed by atoms with Gasteiger partial charge in [0.15, 0.2) is 0 Å². The molecular weight excluding hydrogens is 364 g/mol. The minimum atomic E-state index is 0.296. The van der Waals surface area contributed by atoms with E-state index in [9.17, 15) is 0 Å². The number of aromatic amines is 1. The van der Waals surface area contributed by atoms with E-state index in [1.807, 2.05) is 39.0 Å². The van der Waals surface area contributed by atoms with Gasteiger partial charge in [-0.05, 0) is 56.2 Å². The summed E-state index contributed by atoms with van der Waals surface area (Å²) in [5.74, 6) is 1.83. The number of anilines is 1. The minimum Gasteiger partial charge on any atom is -0.489 e. The number of nitrogen functional groups attached to an aromatic ring is 1. The summed E-state index contributed by atoms with van der Waals surface area (Å²) >= 11 is 0. The first-order valence-corrected chi connectivity index (χ1v) is 9.77. The predicted molar refractivity (Wildman–Crippen MR) is 116 cm³/mol. The lowest BCUT2D eigenvalue weighted by molar-refractivity contribution is 0.302. The number of pyridine rings is 2. The number of ether oxygens (including phenoxy) is 1. The van der Waals surface area contributed by atoms with Crippen LogP contribution in [0.15, 0.2) is 42.7 Å². The molecule has 7 nitrogen and oxygen atoms in total. The number of nitrogens with one attached hydrogen (secondary N) is 2. The van der Waals surface area contributed by atoms with Crippen LogP contribution in [0.1, 0.15) is 43.9 Å². The molecule has 1 saturated carbocycles. The highest BCUT2D eigenvalue weighted by Gasteiger charge is 2.23. The maximum absolute atomic E-state index is 8.20. The van der Waals surface area contributed by atoms with Crippen LogP contribution < -0.4 is 10.5 Å². The van der Waals surface area contributed by atoms with Crippen molar-refractivity contribution in [3.8, 4) is 17.0 Å². The van der Waals surface area contributed by atoms with Crippen LogP contribution in [0.25, 0.3) is 17.3 Å². The van der Waals surface area contributed by atoms with Crippen LogP contribution in [0.3, 0.4) is 0 Å². The molecule has 1 fully saturated rings. The standard InChI is InChI=1S/C20H20N6O.C2H6/c1-12-19(15-3-2-10-23-20(15)22)26-18(25-12)9-7-16(21)17-8-6-14(11-24-17)27-13-4-5-13;1-2/h2-3,6-11,13,21H,4-5H2,1H3,(H2,22,23)(H,25,26);1-2H3/b9-7-,21-16?;. The molecule has 0 aliphatic heterocycles. The molecular formula is C22H26N6O. The number of allylic oxidation sites excluding steroid dienone is 1. The van der Waals surface area contributed by atoms with E-state index in [1.54, 1.807) is 30.6 Å². The average molecular weight is 390 g/mol. The van der Waals surface area contributed by atoms with E-state index in [4.69, 9.17) is 15.9 Å². The second-order valence-corrected chi connectivity index (χ2v) is 6.48. The van der Waals surface area contributed by atoms with Gasteiger partial charge in [-0.2, -0.15) is 0 Å². The zero-order valence-electron chi connectivity index (χ0n) is 16.9. The fourth-order valence-corrected chi connectivity index (χ4v) is 2.68. The molecule has 150 valence electrons. The normalized spacial score (nSPS) is 13.1. The highest BCUT2D eigenvalue weighted by atomic mass is 16.5. The number of nitrogens with two attached hydrogens (primary N) is 1. The largest absolute Gasteiger partial charge is 0.489 e. The lowest BCUT2D eigenvalue weighted by Crippen LogP contribution is -2.00. The first kappa shape index (κ1) is 20.3. The quantitative estimate of drug-likeness (QED) is 0.540. The van der Waals surface area contributed by atoms with Crippen molar-refractivity contribution in [1.82, 2.24) is 19.9 Å². The van der Waals surface area contributed by atoms with Gasteiger partial charge in [-0.3, -0.25) is 10.4 Å². The molecule has 3 aromatic heterocycles. The molecule has 7 heteroatoms. The Kier molecular flexibility index (Phi) is 6.39. The first-order chi connectivity index (χ1) is 14.1. The molecule has 29 heavy (non-hydrogen) atoms. The Morgan fingerprint density at radius 3 is 2.69 bits per heavy atom. The fraction of sp³-hybridized carbons (Fsp3) is 0.273. The van der Waals surface area contributed by atoms with Crippen molar-refractivity contribution in [2.75, 3.05) is 5.73 Å². The van der Waals surface area contributed by atoms with E-state index >= 15 is 0 Å². The lowest BCUT2D eigenvalue weighted by atomic mass is 10.1. The molecule has 3 heterocycles. The van der Waals surface area contributed by atoms with E-state index in [1.165, 1.54) is 0 Å². The maximum Gasteiger partial charge on any atom is 0.138 e. The highest BCUT2D eigenvalue weighted by molar-refractivity contribution is 6.07. The number of hydrogen-bond donors (Lipinski definition) is 3. The van der Waals surface area contributed by atoms with Crippen molar-refractivity contribution in [2.24, 2.45) is 0 Å². The van der Waals surface area contributed by atoms with Gasteiger partial charge < -0.3 is 15.5 Å². The van der Waals surface area contributed by atoms with E-state index < -0.39 is 0 Å². The summed E-state index contributed by atoms with van der Waals surface area (Å²) in [5.41, 5.74) is 9.24. The Bertz CT molecular complexity index is 1000. The van der Waals surface area contributed by atoms with Gasteiger partial charge in [-0.15, -0.1) is 0 Å². The van der Waals surface area contributed by atoms with Crippen LogP contribution in [-0.2, 0) is 0 Å². The minimum absolute atomic E-state index is 0.296. The number of imidazole rings is 1. The van der Waals surface area contributed by atoms with Gasteiger partial charge in [0.25, 0.3) is 0 Å². The van der Waals surface area contributed by atoms with Gasteiger partial charge >= 0.3 is 0 Å². The van der Waals surface area contributed by atoms with E-state index in [2.05, 4.69) is 19.9 Å². The third-order valence-corrected chi connectivity index (χ3v) is 4.24. The summed E-state index contributed by atoms with van der Waals surface area (Å²) in [6.07, 6.45) is 9.28. The van der Waals surface area contributed by atoms with Crippen LogP contribution >= 0.6 is 0 Å². The molecule has 0 bridgehead atoms. The number of aryl methyl sites for hydroxylation is 1. The number of rotatable bonds is 6. The monoisotopic (exact) mass is 390 g/mol. The number of nitrogens with zero attached hydrogens (tertiary/aromatic N) is 3. The van der Waals surface area contributed by atoms with Crippen LogP contribution in [-0.4, -0.2) is 31.8 Å². The van der Waals surface area contributed by atoms with Crippen molar-refractivity contribution in [1.29, 1.82) is 5.41 Å². The molecule has 3 aromatic rings. The van der Waals surface area contributed by atoms with Gasteiger partial charge in [0.2, 0.25) is 0 Å². The summed E-state index contributed by atoms with van der Waals surface area (Å²) in [5, 5.41) is 8.20. The second-order valence-electron chi connectivity index (χ2n) is 6.48. The summed E-state index contributed by atoms with van der Waals surface area (Å²) in [7, 11) is 0. The summed E-state index contributed by atoms with van der Waals surface area (Å²) in [4.78, 5) is 16.2. The molecule has 1 aliphatic carbocycles. The van der Waals surface area contributed by atoms with Crippen molar-refractivity contribution in [3.63, 3.8) is 0 Å². The highest BCUT2D eigenvalue weighted by Crippen LogP contribution is 2.27. The Labute approximate surface area is 170 Å². The predicted octanol–water partition coefficient (Wildman–Crippen LogP) is 4.41. The third kappa shape index (κ3) is 5.07. The molecule has 0 spiro atoms. The molecule has 0 atom stereocenters. The van der Waals surface area contributed by atoms with E-state index in [-0.39, 0.29) is 0 Å². The Balaban J connectivity index is 0.00000117. The molecule has 4 rings (SSSR count). The topological polar surface area (TPSA) is 114 Å². The van der Waals surface area contributed by atoms with Crippen LogP contribution in [0.4, 0.5) is 5.82 Å².